The molecule has 1 atom stereocenters. The zero-order valence-corrected chi connectivity index (χ0v) is 10.9. The first-order valence-corrected chi connectivity index (χ1v) is 7.20. The smallest absolute Gasteiger partial charge is 0.313 e. The number of aryl methyl sites for hydroxylation is 2. The molecule has 1 aliphatic carbocycles. The second-order valence-corrected chi connectivity index (χ2v) is 5.66. The summed E-state index contributed by atoms with van der Waals surface area (Å²) in [6, 6.07) is 6.69. The van der Waals surface area contributed by atoms with Gasteiger partial charge >= 0.3 is 5.97 Å². The van der Waals surface area contributed by atoms with Gasteiger partial charge < -0.3 is 5.11 Å². The van der Waals surface area contributed by atoms with Crippen LogP contribution < -0.4 is 0 Å². The van der Waals surface area contributed by atoms with Gasteiger partial charge in [0.2, 0.25) is 0 Å². The van der Waals surface area contributed by atoms with Crippen LogP contribution in [-0.4, -0.2) is 16.8 Å². The van der Waals surface area contributed by atoms with E-state index in [2.05, 4.69) is 25.1 Å². The highest BCUT2D eigenvalue weighted by Gasteiger charge is 2.21. The van der Waals surface area contributed by atoms with Crippen molar-refractivity contribution in [1.29, 1.82) is 0 Å². The standard InChI is InChI=1S/C14H18O2S/c1-2-10-6-7-11-4-3-5-13(12(11)8-10)17-9-14(15)16/h6-8,13H,2-5,9H2,1H3,(H,15,16). The topological polar surface area (TPSA) is 37.3 Å². The van der Waals surface area contributed by atoms with Crippen LogP contribution in [0.15, 0.2) is 18.2 Å². The molecule has 1 aromatic carbocycles. The second kappa shape index (κ2) is 5.58. The first kappa shape index (κ1) is 12.5. The van der Waals surface area contributed by atoms with Gasteiger partial charge in [-0.05, 0) is 42.4 Å². The molecule has 1 N–H and O–H groups in total. The van der Waals surface area contributed by atoms with E-state index in [1.54, 1.807) is 11.8 Å². The average Bonchev–Trinajstić information content (AvgIpc) is 2.35. The lowest BCUT2D eigenvalue weighted by Crippen LogP contribution is -2.10. The van der Waals surface area contributed by atoms with E-state index in [9.17, 15) is 4.79 Å². The van der Waals surface area contributed by atoms with Gasteiger partial charge in [0.1, 0.15) is 0 Å². The van der Waals surface area contributed by atoms with E-state index in [0.29, 0.717) is 5.25 Å². The van der Waals surface area contributed by atoms with Gasteiger partial charge in [-0.25, -0.2) is 0 Å². The average molecular weight is 250 g/mol. The fourth-order valence-corrected chi connectivity index (χ4v) is 3.45. The molecule has 0 saturated heterocycles. The van der Waals surface area contributed by atoms with Crippen molar-refractivity contribution in [2.24, 2.45) is 0 Å². The van der Waals surface area contributed by atoms with Gasteiger partial charge in [-0.1, -0.05) is 25.1 Å². The van der Waals surface area contributed by atoms with E-state index in [4.69, 9.17) is 5.11 Å². The third-order valence-electron chi connectivity index (χ3n) is 3.29. The maximum Gasteiger partial charge on any atom is 0.313 e. The molecule has 1 aromatic rings. The van der Waals surface area contributed by atoms with Crippen LogP contribution in [0.1, 0.15) is 41.7 Å². The SMILES string of the molecule is CCc1ccc2c(c1)C(SCC(=O)O)CCC2. The van der Waals surface area contributed by atoms with E-state index < -0.39 is 5.97 Å². The predicted molar refractivity (Wildman–Crippen MR) is 71.6 cm³/mol. The van der Waals surface area contributed by atoms with Crippen molar-refractivity contribution in [3.63, 3.8) is 0 Å². The summed E-state index contributed by atoms with van der Waals surface area (Å²) in [5.41, 5.74) is 4.14. The van der Waals surface area contributed by atoms with Gasteiger partial charge in [-0.3, -0.25) is 4.79 Å². The van der Waals surface area contributed by atoms with Crippen molar-refractivity contribution in [1.82, 2.24) is 0 Å². The lowest BCUT2D eigenvalue weighted by molar-refractivity contribution is -0.133. The molecule has 0 aromatic heterocycles. The Hall–Kier alpha value is -0.960. The van der Waals surface area contributed by atoms with Crippen LogP contribution in [0.25, 0.3) is 0 Å². The molecular weight excluding hydrogens is 232 g/mol. The molecule has 1 aliphatic rings. The van der Waals surface area contributed by atoms with E-state index in [1.165, 1.54) is 23.1 Å². The first-order chi connectivity index (χ1) is 8.20. The van der Waals surface area contributed by atoms with Crippen LogP contribution in [0.4, 0.5) is 0 Å². The Labute approximate surface area is 106 Å². The largest absolute Gasteiger partial charge is 0.481 e. The number of rotatable bonds is 4. The number of hydrogen-bond acceptors (Lipinski definition) is 2. The number of benzene rings is 1. The molecule has 1 unspecified atom stereocenters. The molecule has 2 rings (SSSR count). The summed E-state index contributed by atoms with van der Waals surface area (Å²) >= 11 is 1.57. The lowest BCUT2D eigenvalue weighted by atomic mass is 9.89. The highest BCUT2D eigenvalue weighted by atomic mass is 32.2. The number of hydrogen-bond donors (Lipinski definition) is 1. The fraction of sp³-hybridized carbons (Fsp3) is 0.500. The molecule has 0 bridgehead atoms. The van der Waals surface area contributed by atoms with Crippen molar-refractivity contribution in [2.75, 3.05) is 5.75 Å². The number of thioether (sulfide) groups is 1. The minimum atomic E-state index is -0.714. The van der Waals surface area contributed by atoms with E-state index in [-0.39, 0.29) is 5.75 Å². The van der Waals surface area contributed by atoms with E-state index in [0.717, 1.165) is 19.3 Å². The van der Waals surface area contributed by atoms with E-state index >= 15 is 0 Å². The quantitative estimate of drug-likeness (QED) is 0.889. The monoisotopic (exact) mass is 250 g/mol. The van der Waals surface area contributed by atoms with Gasteiger partial charge in [-0.15, -0.1) is 11.8 Å². The highest BCUT2D eigenvalue weighted by Crippen LogP contribution is 2.40. The molecule has 17 heavy (non-hydrogen) atoms. The van der Waals surface area contributed by atoms with Crippen LogP contribution in [0.3, 0.4) is 0 Å². The molecule has 0 heterocycles. The summed E-state index contributed by atoms with van der Waals surface area (Å²) in [6.07, 6.45) is 4.47. The van der Waals surface area contributed by atoms with Crippen molar-refractivity contribution in [3.8, 4) is 0 Å². The van der Waals surface area contributed by atoms with Gasteiger partial charge in [-0.2, -0.15) is 0 Å². The molecule has 2 nitrogen and oxygen atoms in total. The zero-order valence-electron chi connectivity index (χ0n) is 10.1. The van der Waals surface area contributed by atoms with Crippen LogP contribution in [0.5, 0.6) is 0 Å². The first-order valence-electron chi connectivity index (χ1n) is 6.15. The Morgan fingerprint density at radius 2 is 2.35 bits per heavy atom. The third kappa shape index (κ3) is 3.03. The van der Waals surface area contributed by atoms with Crippen molar-refractivity contribution in [2.45, 2.75) is 37.9 Å². The van der Waals surface area contributed by atoms with Crippen LogP contribution in [0.2, 0.25) is 0 Å². The highest BCUT2D eigenvalue weighted by molar-refractivity contribution is 8.00. The molecule has 92 valence electrons. The number of fused-ring (bicyclic) bond motifs is 1. The van der Waals surface area contributed by atoms with Crippen LogP contribution in [0, 0.1) is 0 Å². The van der Waals surface area contributed by atoms with Gasteiger partial charge in [0.05, 0.1) is 5.75 Å². The minimum Gasteiger partial charge on any atom is -0.481 e. The molecule has 0 aliphatic heterocycles. The third-order valence-corrected chi connectivity index (χ3v) is 4.59. The second-order valence-electron chi connectivity index (χ2n) is 4.47. The molecule has 0 spiro atoms. The van der Waals surface area contributed by atoms with E-state index in [1.807, 2.05) is 0 Å². The Morgan fingerprint density at radius 1 is 1.53 bits per heavy atom. The Bertz CT molecular complexity index is 415. The summed E-state index contributed by atoms with van der Waals surface area (Å²) in [5, 5.41) is 9.15. The summed E-state index contributed by atoms with van der Waals surface area (Å²) in [6.45, 7) is 2.16. The summed E-state index contributed by atoms with van der Waals surface area (Å²) in [7, 11) is 0. The fourth-order valence-electron chi connectivity index (χ4n) is 2.37. The van der Waals surface area contributed by atoms with Crippen molar-refractivity contribution in [3.05, 3.63) is 34.9 Å². The summed E-state index contributed by atoms with van der Waals surface area (Å²) < 4.78 is 0. The van der Waals surface area contributed by atoms with Crippen LogP contribution in [-0.2, 0) is 17.6 Å². The summed E-state index contributed by atoms with van der Waals surface area (Å²) in [5.74, 6) is -0.505. The molecule has 0 fully saturated rings. The molecule has 0 radical (unpaired) electrons. The normalized spacial score (nSPS) is 18.8. The van der Waals surface area contributed by atoms with Crippen LogP contribution >= 0.6 is 11.8 Å². The molecule has 0 amide bonds. The number of carbonyl (C=O) groups is 1. The number of carboxylic acid groups (broad SMARTS) is 1. The maximum atomic E-state index is 10.7. The maximum absolute atomic E-state index is 10.7. The number of aliphatic carboxylic acids is 1. The van der Waals surface area contributed by atoms with Crippen molar-refractivity contribution >= 4 is 17.7 Å². The zero-order chi connectivity index (χ0) is 12.3. The number of carboxylic acids is 1. The molecule has 0 saturated carbocycles. The molecule has 3 heteroatoms. The van der Waals surface area contributed by atoms with Gasteiger partial charge in [0.15, 0.2) is 0 Å². The Balaban J connectivity index is 2.19. The van der Waals surface area contributed by atoms with Crippen molar-refractivity contribution < 1.29 is 9.90 Å². The molecular formula is C14H18O2S. The van der Waals surface area contributed by atoms with Gasteiger partial charge in [0.25, 0.3) is 0 Å². The lowest BCUT2D eigenvalue weighted by Gasteiger charge is -2.25. The predicted octanol–water partition coefficient (Wildman–Crippen LogP) is 3.44. The minimum absolute atomic E-state index is 0.209. The summed E-state index contributed by atoms with van der Waals surface area (Å²) in [4.78, 5) is 10.7. The van der Waals surface area contributed by atoms with Gasteiger partial charge in [0, 0.05) is 5.25 Å². The Kier molecular flexibility index (Phi) is 4.11. The Morgan fingerprint density at radius 3 is 3.06 bits per heavy atom.